The normalized spacial score (nSPS) is 16.1. The molecule has 1 saturated heterocycles. The molecule has 1 aromatic carbocycles. The molecule has 1 heterocycles. The molecular formula is C13H12N2O3S. The number of thiocarbonyl (C=S) groups is 1. The summed E-state index contributed by atoms with van der Waals surface area (Å²) in [6.45, 7) is 0. The summed E-state index contributed by atoms with van der Waals surface area (Å²) < 4.78 is 0. The van der Waals surface area contributed by atoms with E-state index in [1.165, 1.54) is 36.0 Å². The van der Waals surface area contributed by atoms with Crippen molar-refractivity contribution in [1.29, 1.82) is 0 Å². The number of phenolic OH excluding ortho intramolecular Hbond substituents is 1. The summed E-state index contributed by atoms with van der Waals surface area (Å²) in [6, 6.07) is 6.48. The van der Waals surface area contributed by atoms with Crippen LogP contribution in [0.5, 0.6) is 5.75 Å². The Bertz CT molecular complexity index is 584. The van der Waals surface area contributed by atoms with Crippen LogP contribution in [0.3, 0.4) is 0 Å². The van der Waals surface area contributed by atoms with E-state index >= 15 is 0 Å². The predicted molar refractivity (Wildman–Crippen MR) is 74.2 cm³/mol. The highest BCUT2D eigenvalue weighted by atomic mass is 32.1. The molecule has 1 aliphatic rings. The Hall–Kier alpha value is -2.21. The van der Waals surface area contributed by atoms with E-state index in [1.807, 2.05) is 0 Å². The second kappa shape index (κ2) is 4.81. The molecule has 0 aromatic heterocycles. The zero-order valence-corrected chi connectivity index (χ0v) is 11.3. The fourth-order valence-electron chi connectivity index (χ4n) is 1.74. The number of rotatable bonds is 1. The van der Waals surface area contributed by atoms with Gasteiger partial charge in [-0.05, 0) is 24.4 Å². The van der Waals surface area contributed by atoms with E-state index in [1.54, 1.807) is 18.2 Å². The zero-order valence-electron chi connectivity index (χ0n) is 10.5. The van der Waals surface area contributed by atoms with Gasteiger partial charge >= 0.3 is 0 Å². The van der Waals surface area contributed by atoms with Crippen molar-refractivity contribution in [3.8, 4) is 5.75 Å². The van der Waals surface area contributed by atoms with Crippen LogP contribution >= 0.6 is 12.2 Å². The molecule has 0 aliphatic carbocycles. The highest BCUT2D eigenvalue weighted by Crippen LogP contribution is 2.22. The number of hydrogen-bond donors (Lipinski definition) is 1. The van der Waals surface area contributed by atoms with Crippen molar-refractivity contribution in [2.45, 2.75) is 0 Å². The van der Waals surface area contributed by atoms with Gasteiger partial charge in [-0.2, -0.15) is 0 Å². The number of carbonyl (C=O) groups excluding carboxylic acids is 2. The number of phenols is 1. The lowest BCUT2D eigenvalue weighted by Crippen LogP contribution is -2.52. The SMILES string of the molecule is CN1C(=O)C(=Cc2ccccc2O)C(=O)N(C)C1=S. The van der Waals surface area contributed by atoms with Gasteiger partial charge in [0.2, 0.25) is 0 Å². The average Bonchev–Trinajstić information content (AvgIpc) is 2.41. The van der Waals surface area contributed by atoms with Crippen molar-refractivity contribution >= 4 is 35.2 Å². The van der Waals surface area contributed by atoms with Gasteiger partial charge < -0.3 is 5.11 Å². The Balaban J connectivity index is 2.49. The maximum Gasteiger partial charge on any atom is 0.265 e. The topological polar surface area (TPSA) is 60.9 Å². The summed E-state index contributed by atoms with van der Waals surface area (Å²) in [4.78, 5) is 26.5. The van der Waals surface area contributed by atoms with Crippen LogP contribution in [0.2, 0.25) is 0 Å². The van der Waals surface area contributed by atoms with E-state index in [2.05, 4.69) is 0 Å². The number of nitrogens with zero attached hydrogens (tertiary/aromatic N) is 2. The quantitative estimate of drug-likeness (QED) is 0.472. The first kappa shape index (κ1) is 13.2. The smallest absolute Gasteiger partial charge is 0.265 e. The lowest BCUT2D eigenvalue weighted by atomic mass is 10.1. The molecule has 1 aliphatic heterocycles. The number of para-hydroxylation sites is 1. The van der Waals surface area contributed by atoms with Gasteiger partial charge in [0.05, 0.1) is 0 Å². The van der Waals surface area contributed by atoms with Gasteiger partial charge in [-0.25, -0.2) is 0 Å². The number of aromatic hydroxyl groups is 1. The highest BCUT2D eigenvalue weighted by Gasteiger charge is 2.35. The fraction of sp³-hybridized carbons (Fsp3) is 0.154. The minimum Gasteiger partial charge on any atom is -0.507 e. The van der Waals surface area contributed by atoms with Gasteiger partial charge in [-0.1, -0.05) is 18.2 Å². The van der Waals surface area contributed by atoms with E-state index in [-0.39, 0.29) is 16.4 Å². The van der Waals surface area contributed by atoms with Gasteiger partial charge in [0.15, 0.2) is 5.11 Å². The largest absolute Gasteiger partial charge is 0.507 e. The molecule has 98 valence electrons. The highest BCUT2D eigenvalue weighted by molar-refractivity contribution is 7.80. The van der Waals surface area contributed by atoms with Crippen molar-refractivity contribution in [1.82, 2.24) is 9.80 Å². The van der Waals surface area contributed by atoms with Crippen molar-refractivity contribution in [2.24, 2.45) is 0 Å². The van der Waals surface area contributed by atoms with Crippen molar-refractivity contribution in [3.63, 3.8) is 0 Å². The summed E-state index contributed by atoms with van der Waals surface area (Å²) in [5.41, 5.74) is 0.383. The van der Waals surface area contributed by atoms with Crippen molar-refractivity contribution in [2.75, 3.05) is 14.1 Å². The Labute approximate surface area is 115 Å². The minimum atomic E-state index is -0.476. The van der Waals surface area contributed by atoms with Gasteiger partial charge in [0.1, 0.15) is 11.3 Å². The molecule has 0 spiro atoms. The van der Waals surface area contributed by atoms with Crippen LogP contribution in [0.1, 0.15) is 5.56 Å². The van der Waals surface area contributed by atoms with Crippen molar-refractivity contribution < 1.29 is 14.7 Å². The van der Waals surface area contributed by atoms with E-state index in [0.29, 0.717) is 5.56 Å². The molecule has 1 fully saturated rings. The standard InChI is InChI=1S/C13H12N2O3S/c1-14-11(17)9(12(18)15(2)13(14)19)7-8-5-3-4-6-10(8)16/h3-7,16H,1-2H3. The fourth-order valence-corrected chi connectivity index (χ4v) is 1.91. The number of benzene rings is 1. The lowest BCUT2D eigenvalue weighted by molar-refractivity contribution is -0.132. The van der Waals surface area contributed by atoms with Gasteiger partial charge in [0.25, 0.3) is 11.8 Å². The third-order valence-electron chi connectivity index (χ3n) is 2.88. The maximum absolute atomic E-state index is 12.0. The number of carbonyl (C=O) groups is 2. The van der Waals surface area contributed by atoms with Crippen LogP contribution in [0.25, 0.3) is 6.08 Å². The molecule has 1 N–H and O–H groups in total. The predicted octanol–water partition coefficient (Wildman–Crippen LogP) is 0.991. The first-order valence-corrected chi connectivity index (χ1v) is 5.94. The molecule has 0 unspecified atom stereocenters. The zero-order chi connectivity index (χ0) is 14.2. The molecule has 6 heteroatoms. The van der Waals surface area contributed by atoms with E-state index in [4.69, 9.17) is 12.2 Å². The Morgan fingerprint density at radius 1 is 1.11 bits per heavy atom. The second-order valence-corrected chi connectivity index (χ2v) is 4.49. The number of amides is 2. The van der Waals surface area contributed by atoms with Crippen LogP contribution in [0.15, 0.2) is 29.8 Å². The summed E-state index contributed by atoms with van der Waals surface area (Å²) in [5, 5.41) is 9.83. The lowest BCUT2D eigenvalue weighted by Gasteiger charge is -2.31. The van der Waals surface area contributed by atoms with Crippen molar-refractivity contribution in [3.05, 3.63) is 35.4 Å². The average molecular weight is 276 g/mol. The van der Waals surface area contributed by atoms with E-state index in [9.17, 15) is 14.7 Å². The van der Waals surface area contributed by atoms with Crippen LogP contribution < -0.4 is 0 Å². The number of hydrogen-bond acceptors (Lipinski definition) is 4. The molecule has 2 amide bonds. The van der Waals surface area contributed by atoms with Gasteiger partial charge in [0, 0.05) is 19.7 Å². The summed E-state index contributed by atoms with van der Waals surface area (Å²) in [7, 11) is 3.01. The van der Waals surface area contributed by atoms with Crippen LogP contribution in [0, 0.1) is 0 Å². The van der Waals surface area contributed by atoms with Crippen LogP contribution in [-0.4, -0.2) is 45.9 Å². The first-order valence-electron chi connectivity index (χ1n) is 5.53. The minimum absolute atomic E-state index is 0.00839. The second-order valence-electron chi connectivity index (χ2n) is 4.13. The molecule has 0 bridgehead atoms. The van der Waals surface area contributed by atoms with Gasteiger partial charge in [-0.15, -0.1) is 0 Å². The monoisotopic (exact) mass is 276 g/mol. The summed E-state index contributed by atoms with van der Waals surface area (Å²) in [6.07, 6.45) is 1.37. The Morgan fingerprint density at radius 3 is 2.16 bits per heavy atom. The Kier molecular flexibility index (Phi) is 3.35. The summed E-state index contributed by atoms with van der Waals surface area (Å²) in [5.74, 6) is -0.943. The molecule has 0 radical (unpaired) electrons. The maximum atomic E-state index is 12.0. The Morgan fingerprint density at radius 2 is 1.63 bits per heavy atom. The first-order chi connectivity index (χ1) is 8.93. The molecule has 19 heavy (non-hydrogen) atoms. The third-order valence-corrected chi connectivity index (χ3v) is 3.43. The molecule has 1 aromatic rings. The molecule has 2 rings (SSSR count). The third kappa shape index (κ3) is 2.22. The molecule has 0 atom stereocenters. The molecular weight excluding hydrogens is 264 g/mol. The van der Waals surface area contributed by atoms with Gasteiger partial charge in [-0.3, -0.25) is 19.4 Å². The number of likely N-dealkylation sites (N-methyl/N-ethyl adjacent to an activating group) is 2. The molecule has 5 nitrogen and oxygen atoms in total. The summed E-state index contributed by atoms with van der Waals surface area (Å²) >= 11 is 4.98. The molecule has 0 saturated carbocycles. The van der Waals surface area contributed by atoms with Crippen LogP contribution in [0.4, 0.5) is 0 Å². The van der Waals surface area contributed by atoms with E-state index < -0.39 is 11.8 Å². The van der Waals surface area contributed by atoms with Crippen LogP contribution in [-0.2, 0) is 9.59 Å². The van der Waals surface area contributed by atoms with E-state index in [0.717, 1.165) is 0 Å².